The molecule has 3 atom stereocenters. The Labute approximate surface area is 115 Å². The van der Waals surface area contributed by atoms with Gasteiger partial charge in [0.25, 0.3) is 0 Å². The number of amidine groups is 1. The number of benzene rings is 1. The summed E-state index contributed by atoms with van der Waals surface area (Å²) in [5, 5.41) is 3.63. The van der Waals surface area contributed by atoms with Crippen molar-refractivity contribution in [1.29, 1.82) is 0 Å². The van der Waals surface area contributed by atoms with Crippen molar-refractivity contribution in [3.8, 4) is 0 Å². The maximum absolute atomic E-state index is 5.80. The standard InChI is InChI=1S/C16H23N3/c1-11-4-2-3-5-13(11)9-16-18-14-7-6-12(10-17)8-15(14)19-16/h2-5,12,14-15H,6-10,17H2,1H3,(H,18,19). The average molecular weight is 257 g/mol. The van der Waals surface area contributed by atoms with Gasteiger partial charge < -0.3 is 11.1 Å². The van der Waals surface area contributed by atoms with E-state index in [0.29, 0.717) is 18.0 Å². The Morgan fingerprint density at radius 1 is 1.32 bits per heavy atom. The highest BCUT2D eigenvalue weighted by Gasteiger charge is 2.34. The van der Waals surface area contributed by atoms with Crippen molar-refractivity contribution in [2.45, 2.75) is 44.7 Å². The van der Waals surface area contributed by atoms with Gasteiger partial charge in [0.1, 0.15) is 5.84 Å². The molecule has 0 saturated heterocycles. The zero-order valence-corrected chi connectivity index (χ0v) is 11.6. The summed E-state index contributed by atoms with van der Waals surface area (Å²) >= 11 is 0. The molecule has 1 aliphatic carbocycles. The van der Waals surface area contributed by atoms with Crippen LogP contribution in [-0.4, -0.2) is 24.5 Å². The van der Waals surface area contributed by atoms with Gasteiger partial charge in [0.2, 0.25) is 0 Å². The van der Waals surface area contributed by atoms with Crippen molar-refractivity contribution in [2.24, 2.45) is 16.6 Å². The van der Waals surface area contributed by atoms with E-state index in [1.807, 2.05) is 0 Å². The first-order chi connectivity index (χ1) is 9.26. The smallest absolute Gasteiger partial charge is 0.101 e. The minimum Gasteiger partial charge on any atom is -0.369 e. The topological polar surface area (TPSA) is 50.4 Å². The Morgan fingerprint density at radius 3 is 2.95 bits per heavy atom. The van der Waals surface area contributed by atoms with Crippen LogP contribution >= 0.6 is 0 Å². The molecule has 3 nitrogen and oxygen atoms in total. The van der Waals surface area contributed by atoms with Gasteiger partial charge in [-0.25, -0.2) is 0 Å². The highest BCUT2D eigenvalue weighted by Crippen LogP contribution is 2.29. The van der Waals surface area contributed by atoms with Crippen LogP contribution in [-0.2, 0) is 6.42 Å². The molecule has 3 N–H and O–H groups in total. The van der Waals surface area contributed by atoms with E-state index in [0.717, 1.165) is 13.0 Å². The molecular weight excluding hydrogens is 234 g/mol. The van der Waals surface area contributed by atoms with Crippen molar-refractivity contribution in [1.82, 2.24) is 5.32 Å². The summed E-state index contributed by atoms with van der Waals surface area (Å²) in [6.45, 7) is 2.99. The van der Waals surface area contributed by atoms with Crippen LogP contribution in [0.2, 0.25) is 0 Å². The van der Waals surface area contributed by atoms with Crippen molar-refractivity contribution in [3.63, 3.8) is 0 Å². The first-order valence-corrected chi connectivity index (χ1v) is 7.34. The third kappa shape index (κ3) is 2.66. The third-order valence-corrected chi connectivity index (χ3v) is 4.55. The van der Waals surface area contributed by atoms with Crippen LogP contribution in [0, 0.1) is 12.8 Å². The van der Waals surface area contributed by atoms with E-state index in [-0.39, 0.29) is 0 Å². The number of nitrogens with zero attached hydrogens (tertiary/aromatic N) is 1. The molecule has 19 heavy (non-hydrogen) atoms. The maximum Gasteiger partial charge on any atom is 0.101 e. The third-order valence-electron chi connectivity index (χ3n) is 4.55. The van der Waals surface area contributed by atoms with E-state index in [9.17, 15) is 0 Å². The number of hydrogen-bond donors (Lipinski definition) is 2. The number of aliphatic imine (C=N–C) groups is 1. The van der Waals surface area contributed by atoms with Gasteiger partial charge in [0.15, 0.2) is 0 Å². The van der Waals surface area contributed by atoms with Crippen LogP contribution in [0.25, 0.3) is 0 Å². The maximum atomic E-state index is 5.80. The lowest BCUT2D eigenvalue weighted by molar-refractivity contribution is 0.294. The zero-order valence-electron chi connectivity index (χ0n) is 11.6. The Balaban J connectivity index is 1.67. The molecule has 0 amide bonds. The van der Waals surface area contributed by atoms with Gasteiger partial charge in [-0.05, 0) is 49.8 Å². The van der Waals surface area contributed by atoms with E-state index in [2.05, 4.69) is 36.5 Å². The lowest BCUT2D eigenvalue weighted by Gasteiger charge is -2.29. The predicted molar refractivity (Wildman–Crippen MR) is 79.4 cm³/mol. The molecule has 3 unspecified atom stereocenters. The molecule has 0 spiro atoms. The van der Waals surface area contributed by atoms with Crippen LogP contribution in [0.4, 0.5) is 0 Å². The second-order valence-corrected chi connectivity index (χ2v) is 5.91. The summed E-state index contributed by atoms with van der Waals surface area (Å²) in [4.78, 5) is 4.88. The SMILES string of the molecule is Cc1ccccc1CC1=NC2CCC(CN)CC2N1. The van der Waals surface area contributed by atoms with Crippen molar-refractivity contribution < 1.29 is 0 Å². The highest BCUT2D eigenvalue weighted by atomic mass is 15.1. The van der Waals surface area contributed by atoms with E-state index in [1.165, 1.54) is 36.2 Å². The zero-order chi connectivity index (χ0) is 13.2. The Morgan fingerprint density at radius 2 is 2.16 bits per heavy atom. The highest BCUT2D eigenvalue weighted by molar-refractivity contribution is 5.86. The fourth-order valence-electron chi connectivity index (χ4n) is 3.30. The van der Waals surface area contributed by atoms with E-state index in [1.54, 1.807) is 0 Å². The summed E-state index contributed by atoms with van der Waals surface area (Å²) < 4.78 is 0. The molecule has 2 aliphatic rings. The Kier molecular flexibility index (Phi) is 3.56. The summed E-state index contributed by atoms with van der Waals surface area (Å²) in [6, 6.07) is 9.58. The molecule has 1 heterocycles. The quantitative estimate of drug-likeness (QED) is 0.870. The minimum atomic E-state index is 0.488. The van der Waals surface area contributed by atoms with Gasteiger partial charge in [-0.2, -0.15) is 0 Å². The molecule has 3 heteroatoms. The molecule has 1 fully saturated rings. The van der Waals surface area contributed by atoms with Gasteiger partial charge in [0, 0.05) is 12.5 Å². The molecule has 0 bridgehead atoms. The minimum absolute atomic E-state index is 0.488. The Hall–Kier alpha value is -1.35. The van der Waals surface area contributed by atoms with Gasteiger partial charge in [-0.1, -0.05) is 24.3 Å². The molecule has 102 valence electrons. The molecule has 0 radical (unpaired) electrons. The van der Waals surface area contributed by atoms with Crippen LogP contribution in [0.15, 0.2) is 29.3 Å². The number of aryl methyl sites for hydroxylation is 1. The fraction of sp³-hybridized carbons (Fsp3) is 0.562. The van der Waals surface area contributed by atoms with Crippen LogP contribution in [0.5, 0.6) is 0 Å². The van der Waals surface area contributed by atoms with Crippen LogP contribution in [0.1, 0.15) is 30.4 Å². The lowest BCUT2D eigenvalue weighted by Crippen LogP contribution is -2.41. The number of hydrogen-bond acceptors (Lipinski definition) is 3. The monoisotopic (exact) mass is 257 g/mol. The molecule has 0 aromatic heterocycles. The predicted octanol–water partition coefficient (Wildman–Crippen LogP) is 2.04. The van der Waals surface area contributed by atoms with E-state index < -0.39 is 0 Å². The average Bonchev–Trinajstić information content (AvgIpc) is 2.82. The fourth-order valence-corrected chi connectivity index (χ4v) is 3.30. The lowest BCUT2D eigenvalue weighted by atomic mass is 9.83. The van der Waals surface area contributed by atoms with Crippen LogP contribution < -0.4 is 11.1 Å². The summed E-state index contributed by atoms with van der Waals surface area (Å²) in [5.74, 6) is 1.85. The second-order valence-electron chi connectivity index (χ2n) is 5.91. The number of nitrogens with two attached hydrogens (primary N) is 1. The normalized spacial score (nSPS) is 29.6. The molecule has 3 rings (SSSR count). The number of fused-ring (bicyclic) bond motifs is 1. The van der Waals surface area contributed by atoms with Gasteiger partial charge >= 0.3 is 0 Å². The second kappa shape index (κ2) is 5.33. The molecular formula is C16H23N3. The van der Waals surface area contributed by atoms with Gasteiger partial charge in [-0.3, -0.25) is 4.99 Å². The summed E-state index contributed by atoms with van der Waals surface area (Å²) in [6.07, 6.45) is 4.55. The molecule has 1 aromatic carbocycles. The Bertz CT molecular complexity index is 481. The van der Waals surface area contributed by atoms with E-state index >= 15 is 0 Å². The van der Waals surface area contributed by atoms with Crippen molar-refractivity contribution in [3.05, 3.63) is 35.4 Å². The van der Waals surface area contributed by atoms with Gasteiger partial charge in [0.05, 0.1) is 6.04 Å². The summed E-state index contributed by atoms with van der Waals surface area (Å²) in [7, 11) is 0. The van der Waals surface area contributed by atoms with Crippen molar-refractivity contribution in [2.75, 3.05) is 6.54 Å². The molecule has 1 aliphatic heterocycles. The van der Waals surface area contributed by atoms with E-state index in [4.69, 9.17) is 10.7 Å². The van der Waals surface area contributed by atoms with Crippen LogP contribution in [0.3, 0.4) is 0 Å². The van der Waals surface area contributed by atoms with Gasteiger partial charge in [-0.15, -0.1) is 0 Å². The largest absolute Gasteiger partial charge is 0.369 e. The summed E-state index contributed by atoms with van der Waals surface area (Å²) in [5.41, 5.74) is 8.53. The first kappa shape index (κ1) is 12.7. The number of rotatable bonds is 3. The number of nitrogens with one attached hydrogen (secondary N) is 1. The van der Waals surface area contributed by atoms with Crippen molar-refractivity contribution >= 4 is 5.84 Å². The first-order valence-electron chi connectivity index (χ1n) is 7.34. The molecule has 1 saturated carbocycles. The molecule has 1 aromatic rings.